The van der Waals surface area contributed by atoms with E-state index >= 15 is 0 Å². The van der Waals surface area contributed by atoms with E-state index in [1.165, 1.54) is 0 Å². The molecule has 1 atom stereocenters. The summed E-state index contributed by atoms with van der Waals surface area (Å²) in [5.41, 5.74) is 1.48. The van der Waals surface area contributed by atoms with Crippen molar-refractivity contribution in [2.24, 2.45) is 0 Å². The Balaban J connectivity index is 2.05. The first-order valence-corrected chi connectivity index (χ1v) is 7.72. The van der Waals surface area contributed by atoms with E-state index in [0.717, 1.165) is 25.2 Å². The molecule has 0 radical (unpaired) electrons. The normalized spacial score (nSPS) is 15.1. The third kappa shape index (κ3) is 4.21. The van der Waals surface area contributed by atoms with Crippen molar-refractivity contribution in [3.05, 3.63) is 49.1 Å². The zero-order valence-electron chi connectivity index (χ0n) is 13.6. The van der Waals surface area contributed by atoms with Crippen molar-refractivity contribution < 1.29 is 14.6 Å². The first-order valence-electron chi connectivity index (χ1n) is 7.72. The number of carbonyl (C=O) groups is 1. The van der Waals surface area contributed by atoms with Crippen LogP contribution in [-0.4, -0.2) is 49.2 Å². The highest BCUT2D eigenvalue weighted by molar-refractivity contribution is 5.97. The Hall–Kier alpha value is -2.11. The lowest BCUT2D eigenvalue weighted by atomic mass is 10.0. The molecule has 1 aromatic rings. The molecule has 5 nitrogen and oxygen atoms in total. The number of nitrogens with zero attached hydrogens (tertiary/aromatic N) is 2. The molecule has 1 unspecified atom stereocenters. The Bertz CT molecular complexity index is 576. The molecule has 1 heterocycles. The Morgan fingerprint density at radius 3 is 2.74 bits per heavy atom. The molecule has 1 aromatic carbocycles. The third-order valence-electron chi connectivity index (χ3n) is 3.95. The fourth-order valence-electron chi connectivity index (χ4n) is 2.59. The second kappa shape index (κ2) is 7.94. The average molecular weight is 316 g/mol. The zero-order valence-corrected chi connectivity index (χ0v) is 13.6. The summed E-state index contributed by atoms with van der Waals surface area (Å²) in [5, 5.41) is 10.4. The van der Waals surface area contributed by atoms with E-state index in [1.54, 1.807) is 11.9 Å². The minimum atomic E-state index is -0.595. The number of anilines is 1. The lowest BCUT2D eigenvalue weighted by molar-refractivity contribution is -0.120. The van der Waals surface area contributed by atoms with Gasteiger partial charge in [0, 0.05) is 26.7 Å². The largest absolute Gasteiger partial charge is 0.482 e. The van der Waals surface area contributed by atoms with Gasteiger partial charge in [0.1, 0.15) is 5.75 Å². The van der Waals surface area contributed by atoms with Gasteiger partial charge in [0.15, 0.2) is 6.61 Å². The summed E-state index contributed by atoms with van der Waals surface area (Å²) in [7, 11) is 1.72. The van der Waals surface area contributed by atoms with E-state index in [9.17, 15) is 9.90 Å². The predicted octanol–water partition coefficient (Wildman–Crippen LogP) is 2.14. The van der Waals surface area contributed by atoms with E-state index in [4.69, 9.17) is 4.74 Å². The molecule has 0 fully saturated rings. The number of aliphatic hydroxyl groups is 1. The number of aliphatic hydroxyl groups excluding tert-OH is 1. The summed E-state index contributed by atoms with van der Waals surface area (Å²) < 4.78 is 5.40. The number of fused-ring (bicyclic) bond motifs is 1. The predicted molar refractivity (Wildman–Crippen MR) is 91.8 cm³/mol. The topological polar surface area (TPSA) is 53.0 Å². The fraction of sp³-hybridized carbons (Fsp3) is 0.389. The van der Waals surface area contributed by atoms with Crippen LogP contribution in [-0.2, 0) is 4.79 Å². The smallest absolute Gasteiger partial charge is 0.264 e. The quantitative estimate of drug-likeness (QED) is 0.747. The highest BCUT2D eigenvalue weighted by Crippen LogP contribution is 2.34. The summed E-state index contributed by atoms with van der Waals surface area (Å²) in [4.78, 5) is 15.4. The third-order valence-corrected chi connectivity index (χ3v) is 3.95. The van der Waals surface area contributed by atoms with Gasteiger partial charge in [0.05, 0.1) is 11.8 Å². The second-order valence-electron chi connectivity index (χ2n) is 5.61. The molecule has 0 saturated carbocycles. The number of hydrogen-bond acceptors (Lipinski definition) is 4. The van der Waals surface area contributed by atoms with Crippen molar-refractivity contribution in [3.8, 4) is 5.75 Å². The number of rotatable bonds is 8. The van der Waals surface area contributed by atoms with Gasteiger partial charge in [-0.25, -0.2) is 0 Å². The molecule has 23 heavy (non-hydrogen) atoms. The van der Waals surface area contributed by atoms with Crippen molar-refractivity contribution in [1.82, 2.24) is 4.90 Å². The van der Waals surface area contributed by atoms with Crippen LogP contribution in [0.5, 0.6) is 5.75 Å². The molecule has 5 heteroatoms. The number of amides is 1. The van der Waals surface area contributed by atoms with Gasteiger partial charge >= 0.3 is 0 Å². The number of benzene rings is 1. The number of ether oxygens (including phenoxy) is 1. The van der Waals surface area contributed by atoms with Crippen LogP contribution in [0.3, 0.4) is 0 Å². The molecule has 1 N–H and O–H groups in total. The summed E-state index contributed by atoms with van der Waals surface area (Å²) >= 11 is 0. The van der Waals surface area contributed by atoms with E-state index < -0.39 is 6.10 Å². The lowest BCUT2D eigenvalue weighted by Crippen LogP contribution is -2.35. The number of likely N-dealkylation sites (N-methyl/N-ethyl adjacent to an activating group) is 1. The summed E-state index contributed by atoms with van der Waals surface area (Å²) in [5.74, 6) is 0.579. The number of hydrogen-bond donors (Lipinski definition) is 1. The van der Waals surface area contributed by atoms with Crippen LogP contribution in [0.25, 0.3) is 0 Å². The maximum Gasteiger partial charge on any atom is 0.264 e. The van der Waals surface area contributed by atoms with E-state index in [0.29, 0.717) is 17.9 Å². The van der Waals surface area contributed by atoms with Crippen LogP contribution in [0.1, 0.15) is 18.1 Å². The highest BCUT2D eigenvalue weighted by Gasteiger charge is 2.23. The second-order valence-corrected chi connectivity index (χ2v) is 5.61. The summed E-state index contributed by atoms with van der Waals surface area (Å²) in [6.07, 6.45) is 3.68. The van der Waals surface area contributed by atoms with Gasteiger partial charge in [-0.1, -0.05) is 18.2 Å². The molecule has 1 amide bonds. The molecule has 0 aromatic heterocycles. The standard InChI is InChI=1S/C18H24N2O3/c1-4-9-20(10-5-2)11-8-16(21)14-6-7-17-15(12-14)19(3)18(22)13-23-17/h4-7,12,16,21H,1-2,8-11,13H2,3H3. The van der Waals surface area contributed by atoms with Gasteiger partial charge in [0.2, 0.25) is 0 Å². The minimum Gasteiger partial charge on any atom is -0.482 e. The molecule has 0 saturated heterocycles. The summed E-state index contributed by atoms with van der Waals surface area (Å²) in [6.45, 7) is 9.80. The Morgan fingerprint density at radius 1 is 1.39 bits per heavy atom. The van der Waals surface area contributed by atoms with Crippen LogP contribution in [0, 0.1) is 0 Å². The van der Waals surface area contributed by atoms with Crippen LogP contribution in [0.15, 0.2) is 43.5 Å². The molecule has 2 rings (SSSR count). The molecule has 0 bridgehead atoms. The minimum absolute atomic E-state index is 0.0590. The summed E-state index contributed by atoms with van der Waals surface area (Å²) in [6, 6.07) is 5.48. The van der Waals surface area contributed by atoms with Gasteiger partial charge < -0.3 is 14.7 Å². The van der Waals surface area contributed by atoms with Crippen molar-refractivity contribution in [2.45, 2.75) is 12.5 Å². The Labute approximate surface area is 137 Å². The maximum atomic E-state index is 11.7. The van der Waals surface area contributed by atoms with Gasteiger partial charge in [-0.2, -0.15) is 0 Å². The average Bonchev–Trinajstić information content (AvgIpc) is 2.56. The van der Waals surface area contributed by atoms with Crippen molar-refractivity contribution in [2.75, 3.05) is 38.2 Å². The van der Waals surface area contributed by atoms with Crippen molar-refractivity contribution in [3.63, 3.8) is 0 Å². The van der Waals surface area contributed by atoms with Gasteiger partial charge in [-0.05, 0) is 24.1 Å². The fourth-order valence-corrected chi connectivity index (χ4v) is 2.59. The van der Waals surface area contributed by atoms with E-state index in [1.807, 2.05) is 30.4 Å². The molecular formula is C18H24N2O3. The Kier molecular flexibility index (Phi) is 5.96. The zero-order chi connectivity index (χ0) is 16.8. The number of carbonyl (C=O) groups excluding carboxylic acids is 1. The first kappa shape index (κ1) is 17.2. The lowest BCUT2D eigenvalue weighted by Gasteiger charge is -2.27. The van der Waals surface area contributed by atoms with Gasteiger partial charge in [-0.3, -0.25) is 9.69 Å². The van der Waals surface area contributed by atoms with Crippen LogP contribution < -0.4 is 9.64 Å². The molecule has 1 aliphatic rings. The van der Waals surface area contributed by atoms with Crippen LogP contribution >= 0.6 is 0 Å². The molecule has 1 aliphatic heterocycles. The van der Waals surface area contributed by atoms with Crippen molar-refractivity contribution >= 4 is 11.6 Å². The van der Waals surface area contributed by atoms with Crippen molar-refractivity contribution in [1.29, 1.82) is 0 Å². The molecule has 124 valence electrons. The van der Waals surface area contributed by atoms with E-state index in [-0.39, 0.29) is 12.5 Å². The van der Waals surface area contributed by atoms with Crippen LogP contribution in [0.2, 0.25) is 0 Å². The Morgan fingerprint density at radius 2 is 2.09 bits per heavy atom. The highest BCUT2D eigenvalue weighted by atomic mass is 16.5. The van der Waals surface area contributed by atoms with E-state index in [2.05, 4.69) is 18.1 Å². The van der Waals surface area contributed by atoms with Crippen LogP contribution in [0.4, 0.5) is 5.69 Å². The monoisotopic (exact) mass is 316 g/mol. The molecule has 0 aliphatic carbocycles. The maximum absolute atomic E-state index is 11.7. The molecular weight excluding hydrogens is 292 g/mol. The molecule has 0 spiro atoms. The van der Waals surface area contributed by atoms with Gasteiger partial charge in [-0.15, -0.1) is 13.2 Å². The SMILES string of the molecule is C=CCN(CC=C)CCC(O)c1ccc2c(c1)N(C)C(=O)CO2. The first-order chi connectivity index (χ1) is 11.1. The van der Waals surface area contributed by atoms with Gasteiger partial charge in [0.25, 0.3) is 5.91 Å².